The van der Waals surface area contributed by atoms with Crippen LogP contribution in [0.3, 0.4) is 0 Å². The number of nitrogens with zero attached hydrogens (tertiary/aromatic N) is 1. The lowest BCUT2D eigenvalue weighted by molar-refractivity contribution is -0.116. The van der Waals surface area contributed by atoms with Gasteiger partial charge >= 0.3 is 0 Å². The summed E-state index contributed by atoms with van der Waals surface area (Å²) >= 11 is 1.40. The summed E-state index contributed by atoms with van der Waals surface area (Å²) in [6.45, 7) is 6.76. The van der Waals surface area contributed by atoms with Gasteiger partial charge in [-0.25, -0.2) is 4.98 Å². The van der Waals surface area contributed by atoms with Crippen molar-refractivity contribution in [1.82, 2.24) is 4.98 Å². The molecule has 0 aliphatic carbocycles. The van der Waals surface area contributed by atoms with Gasteiger partial charge in [0.2, 0.25) is 5.91 Å². The molecule has 2 aromatic heterocycles. The van der Waals surface area contributed by atoms with Crippen LogP contribution < -0.4 is 14.8 Å². The first-order valence-corrected chi connectivity index (χ1v) is 10.1. The van der Waals surface area contributed by atoms with Gasteiger partial charge in [-0.3, -0.25) is 4.79 Å². The summed E-state index contributed by atoms with van der Waals surface area (Å²) in [5.74, 6) is 3.00. The summed E-state index contributed by atoms with van der Waals surface area (Å²) in [5.41, 5.74) is 1.76. The Morgan fingerprint density at radius 3 is 2.64 bits per heavy atom. The third-order valence-electron chi connectivity index (χ3n) is 4.02. The van der Waals surface area contributed by atoms with Crippen molar-refractivity contribution in [2.24, 2.45) is 0 Å². The Balaban J connectivity index is 1.46. The van der Waals surface area contributed by atoms with Crippen molar-refractivity contribution in [2.45, 2.75) is 33.6 Å². The minimum absolute atomic E-state index is 0.0808. The lowest BCUT2D eigenvalue weighted by Crippen LogP contribution is -2.12. The second-order valence-corrected chi connectivity index (χ2v) is 7.10. The number of rotatable bonds is 9. The molecule has 1 N–H and O–H groups in total. The van der Waals surface area contributed by atoms with Gasteiger partial charge in [-0.2, -0.15) is 0 Å². The van der Waals surface area contributed by atoms with Crippen molar-refractivity contribution in [3.8, 4) is 22.8 Å². The molecule has 0 unspecified atom stereocenters. The van der Waals surface area contributed by atoms with Crippen LogP contribution in [0.2, 0.25) is 0 Å². The zero-order valence-electron chi connectivity index (χ0n) is 16.3. The van der Waals surface area contributed by atoms with E-state index in [1.807, 2.05) is 56.5 Å². The quantitative estimate of drug-likeness (QED) is 0.499. The van der Waals surface area contributed by atoms with Crippen molar-refractivity contribution in [3.63, 3.8) is 0 Å². The number of carbonyl (C=O) groups excluding carboxylic acids is 1. The number of para-hydroxylation sites is 2. The maximum absolute atomic E-state index is 12.2. The number of nitrogens with one attached hydrogen (secondary N) is 1. The topological polar surface area (TPSA) is 73.6 Å². The molecule has 148 valence electrons. The SMILES string of the molecule is CCOc1ccccc1OCCCC(=O)Nc1nc(-c2cc(C)oc2C)cs1. The predicted octanol–water partition coefficient (Wildman–Crippen LogP) is 5.22. The fourth-order valence-electron chi connectivity index (χ4n) is 2.78. The number of benzene rings is 1. The van der Waals surface area contributed by atoms with Gasteiger partial charge in [-0.05, 0) is 45.4 Å². The minimum atomic E-state index is -0.0808. The van der Waals surface area contributed by atoms with Crippen molar-refractivity contribution >= 4 is 22.4 Å². The van der Waals surface area contributed by atoms with Crippen LogP contribution in [0.25, 0.3) is 11.3 Å². The molecular weight excluding hydrogens is 376 g/mol. The molecule has 0 aliphatic rings. The Morgan fingerprint density at radius 2 is 1.96 bits per heavy atom. The number of hydrogen-bond acceptors (Lipinski definition) is 6. The molecule has 0 saturated carbocycles. The number of carbonyl (C=O) groups is 1. The number of ether oxygens (including phenoxy) is 2. The largest absolute Gasteiger partial charge is 0.490 e. The van der Waals surface area contributed by atoms with Gasteiger partial charge in [0.15, 0.2) is 16.6 Å². The molecule has 0 atom stereocenters. The highest BCUT2D eigenvalue weighted by Gasteiger charge is 2.13. The first kappa shape index (κ1) is 19.9. The first-order chi connectivity index (χ1) is 13.6. The standard InChI is InChI=1S/C21H24N2O4S/c1-4-25-18-8-5-6-9-19(18)26-11-7-10-20(24)23-21-22-17(13-28-21)16-12-14(2)27-15(16)3/h5-6,8-9,12-13H,4,7,10-11H2,1-3H3,(H,22,23,24). The van der Waals surface area contributed by atoms with Gasteiger partial charge in [-0.1, -0.05) is 12.1 Å². The molecule has 1 aromatic carbocycles. The number of thiazole rings is 1. The Bertz CT molecular complexity index is 932. The summed E-state index contributed by atoms with van der Waals surface area (Å²) in [5, 5.41) is 5.35. The Morgan fingerprint density at radius 1 is 1.21 bits per heavy atom. The van der Waals surface area contributed by atoms with Gasteiger partial charge in [-0.15, -0.1) is 11.3 Å². The molecule has 2 heterocycles. The van der Waals surface area contributed by atoms with Crippen molar-refractivity contribution in [3.05, 3.63) is 47.2 Å². The van der Waals surface area contributed by atoms with Gasteiger partial charge in [0, 0.05) is 17.4 Å². The van der Waals surface area contributed by atoms with E-state index in [4.69, 9.17) is 13.9 Å². The molecule has 7 heteroatoms. The molecule has 6 nitrogen and oxygen atoms in total. The van der Waals surface area contributed by atoms with E-state index in [1.54, 1.807) is 0 Å². The van der Waals surface area contributed by atoms with E-state index >= 15 is 0 Å². The van der Waals surface area contributed by atoms with Crippen LogP contribution in [0, 0.1) is 13.8 Å². The summed E-state index contributed by atoms with van der Waals surface area (Å²) in [4.78, 5) is 16.6. The average Bonchev–Trinajstić information content (AvgIpc) is 3.26. The van der Waals surface area contributed by atoms with E-state index in [9.17, 15) is 4.79 Å². The molecule has 0 fully saturated rings. The number of aromatic nitrogens is 1. The van der Waals surface area contributed by atoms with Crippen molar-refractivity contribution in [1.29, 1.82) is 0 Å². The summed E-state index contributed by atoms with van der Waals surface area (Å²) in [6, 6.07) is 9.48. The zero-order chi connectivity index (χ0) is 19.9. The molecule has 3 rings (SSSR count). The first-order valence-electron chi connectivity index (χ1n) is 9.24. The molecular formula is C21H24N2O4S. The molecule has 0 radical (unpaired) electrons. The van der Waals surface area contributed by atoms with Crippen LogP contribution in [0.1, 0.15) is 31.3 Å². The highest BCUT2D eigenvalue weighted by atomic mass is 32.1. The Hall–Kier alpha value is -2.80. The maximum Gasteiger partial charge on any atom is 0.226 e. The number of furan rings is 1. The summed E-state index contributed by atoms with van der Waals surface area (Å²) in [7, 11) is 0. The van der Waals surface area contributed by atoms with E-state index in [0.29, 0.717) is 36.9 Å². The maximum atomic E-state index is 12.2. The van der Waals surface area contributed by atoms with E-state index in [-0.39, 0.29) is 5.91 Å². The molecule has 28 heavy (non-hydrogen) atoms. The Labute approximate surface area is 168 Å². The van der Waals surface area contributed by atoms with Crippen LogP contribution in [-0.2, 0) is 4.79 Å². The van der Waals surface area contributed by atoms with Crippen molar-refractivity contribution in [2.75, 3.05) is 18.5 Å². The average molecular weight is 401 g/mol. The second kappa shape index (κ2) is 9.41. The number of anilines is 1. The molecule has 0 saturated heterocycles. The van der Waals surface area contributed by atoms with Crippen LogP contribution >= 0.6 is 11.3 Å². The van der Waals surface area contributed by atoms with Crippen LogP contribution in [0.4, 0.5) is 5.13 Å². The normalized spacial score (nSPS) is 10.7. The lowest BCUT2D eigenvalue weighted by Gasteiger charge is -2.11. The minimum Gasteiger partial charge on any atom is -0.490 e. The Kier molecular flexibility index (Phi) is 6.71. The predicted molar refractivity (Wildman–Crippen MR) is 110 cm³/mol. The van der Waals surface area contributed by atoms with E-state index in [0.717, 1.165) is 28.5 Å². The molecule has 0 bridgehead atoms. The van der Waals surface area contributed by atoms with Gasteiger partial charge in [0.25, 0.3) is 0 Å². The highest BCUT2D eigenvalue weighted by Crippen LogP contribution is 2.30. The lowest BCUT2D eigenvalue weighted by atomic mass is 10.2. The monoisotopic (exact) mass is 400 g/mol. The molecule has 0 spiro atoms. The number of aryl methyl sites for hydroxylation is 2. The van der Waals surface area contributed by atoms with E-state index < -0.39 is 0 Å². The summed E-state index contributed by atoms with van der Waals surface area (Å²) in [6.07, 6.45) is 0.958. The van der Waals surface area contributed by atoms with Gasteiger partial charge in [0.05, 0.1) is 18.9 Å². The van der Waals surface area contributed by atoms with Crippen LogP contribution in [0.15, 0.2) is 40.1 Å². The number of amides is 1. The fourth-order valence-corrected chi connectivity index (χ4v) is 3.51. The van der Waals surface area contributed by atoms with E-state index in [2.05, 4.69) is 10.3 Å². The summed E-state index contributed by atoms with van der Waals surface area (Å²) < 4.78 is 16.8. The molecule has 0 aliphatic heterocycles. The van der Waals surface area contributed by atoms with Crippen molar-refractivity contribution < 1.29 is 18.7 Å². The van der Waals surface area contributed by atoms with Crippen LogP contribution in [-0.4, -0.2) is 24.1 Å². The zero-order valence-corrected chi connectivity index (χ0v) is 17.1. The molecule has 3 aromatic rings. The third-order valence-corrected chi connectivity index (χ3v) is 4.78. The second-order valence-electron chi connectivity index (χ2n) is 6.24. The van der Waals surface area contributed by atoms with E-state index in [1.165, 1.54) is 11.3 Å². The third kappa shape index (κ3) is 5.13. The number of hydrogen-bond donors (Lipinski definition) is 1. The molecule has 1 amide bonds. The fraction of sp³-hybridized carbons (Fsp3) is 0.333. The van der Waals surface area contributed by atoms with Gasteiger partial charge in [0.1, 0.15) is 11.5 Å². The van der Waals surface area contributed by atoms with Gasteiger partial charge < -0.3 is 19.2 Å². The highest BCUT2D eigenvalue weighted by molar-refractivity contribution is 7.14. The van der Waals surface area contributed by atoms with Crippen LogP contribution in [0.5, 0.6) is 11.5 Å². The smallest absolute Gasteiger partial charge is 0.226 e.